The van der Waals surface area contributed by atoms with Crippen LogP contribution in [0.2, 0.25) is 0 Å². The van der Waals surface area contributed by atoms with Crippen LogP contribution >= 0.6 is 0 Å². The number of carbonyl (C=O) groups excluding carboxylic acids is 2. The maximum atomic E-state index is 12.5. The fraction of sp³-hybridized carbons (Fsp3) is 0.619. The van der Waals surface area contributed by atoms with Crippen molar-refractivity contribution in [1.82, 2.24) is 10.9 Å². The van der Waals surface area contributed by atoms with Gasteiger partial charge in [-0.15, -0.1) is 0 Å². The van der Waals surface area contributed by atoms with E-state index in [-0.39, 0.29) is 5.91 Å². The molecule has 2 rings (SSSR count). The lowest BCUT2D eigenvalue weighted by Gasteiger charge is -2.17. The molecular formula is C21H32N2O5. The number of ether oxygens (including phenoxy) is 3. The number of hydrogen-bond acceptors (Lipinski definition) is 5. The molecule has 1 aromatic carbocycles. The topological polar surface area (TPSA) is 85.9 Å². The summed E-state index contributed by atoms with van der Waals surface area (Å²) in [6.07, 6.45) is 6.20. The van der Waals surface area contributed by atoms with Crippen molar-refractivity contribution < 1.29 is 23.8 Å². The van der Waals surface area contributed by atoms with Gasteiger partial charge in [0.15, 0.2) is 11.5 Å². The van der Waals surface area contributed by atoms with Gasteiger partial charge in [-0.25, -0.2) is 0 Å². The second kappa shape index (κ2) is 11.4. The van der Waals surface area contributed by atoms with Gasteiger partial charge in [0.1, 0.15) is 0 Å². The Kier molecular flexibility index (Phi) is 8.91. The molecule has 0 aliphatic heterocycles. The first-order valence-corrected chi connectivity index (χ1v) is 10.2. The highest BCUT2D eigenvalue weighted by Crippen LogP contribution is 2.39. The standard InChI is InChI=1S/C21H32N2O5/c1-4-26-17-13-16(14-18(27-5-2)20(17)28-6-3)21(25)23-22-19(24)12-11-15-9-7-8-10-15/h13-15H,4-12H2,1-3H3,(H,22,24)(H,23,25). The summed E-state index contributed by atoms with van der Waals surface area (Å²) in [6.45, 7) is 6.87. The van der Waals surface area contributed by atoms with Crippen molar-refractivity contribution >= 4 is 11.8 Å². The minimum atomic E-state index is -0.431. The number of carbonyl (C=O) groups is 2. The Morgan fingerprint density at radius 2 is 1.50 bits per heavy atom. The fourth-order valence-electron chi connectivity index (χ4n) is 3.42. The number of nitrogens with one attached hydrogen (secondary N) is 2. The Balaban J connectivity index is 2.01. The Bertz CT molecular complexity index is 629. The molecule has 28 heavy (non-hydrogen) atoms. The van der Waals surface area contributed by atoms with E-state index in [1.165, 1.54) is 25.7 Å². The van der Waals surface area contributed by atoms with Gasteiger partial charge in [0.25, 0.3) is 5.91 Å². The molecule has 0 saturated heterocycles. The first kappa shape index (κ1) is 21.9. The predicted molar refractivity (Wildman–Crippen MR) is 107 cm³/mol. The van der Waals surface area contributed by atoms with Gasteiger partial charge in [0.2, 0.25) is 11.7 Å². The van der Waals surface area contributed by atoms with Crippen molar-refractivity contribution in [3.05, 3.63) is 17.7 Å². The lowest BCUT2D eigenvalue weighted by atomic mass is 10.0. The molecule has 1 aliphatic carbocycles. The third kappa shape index (κ3) is 6.32. The molecule has 1 aliphatic rings. The smallest absolute Gasteiger partial charge is 0.269 e. The molecule has 0 bridgehead atoms. The number of rotatable bonds is 10. The summed E-state index contributed by atoms with van der Waals surface area (Å²) in [6, 6.07) is 3.19. The van der Waals surface area contributed by atoms with Gasteiger partial charge in [-0.2, -0.15) is 0 Å². The van der Waals surface area contributed by atoms with Gasteiger partial charge in [0.05, 0.1) is 19.8 Å². The van der Waals surface area contributed by atoms with Gasteiger partial charge >= 0.3 is 0 Å². The average Bonchev–Trinajstić information content (AvgIpc) is 3.20. The second-order valence-corrected chi connectivity index (χ2v) is 6.79. The van der Waals surface area contributed by atoms with Crippen LogP contribution in [-0.4, -0.2) is 31.6 Å². The van der Waals surface area contributed by atoms with Gasteiger partial charge in [0, 0.05) is 12.0 Å². The lowest BCUT2D eigenvalue weighted by Crippen LogP contribution is -2.41. The van der Waals surface area contributed by atoms with Crippen molar-refractivity contribution in [2.75, 3.05) is 19.8 Å². The lowest BCUT2D eigenvalue weighted by molar-refractivity contribution is -0.122. The van der Waals surface area contributed by atoms with Crippen molar-refractivity contribution in [3.8, 4) is 17.2 Å². The molecule has 156 valence electrons. The van der Waals surface area contributed by atoms with Crippen LogP contribution in [-0.2, 0) is 4.79 Å². The van der Waals surface area contributed by atoms with E-state index in [0.717, 1.165) is 6.42 Å². The molecular weight excluding hydrogens is 360 g/mol. The molecule has 7 heteroatoms. The number of benzene rings is 1. The highest BCUT2D eigenvalue weighted by molar-refractivity contribution is 5.96. The summed E-state index contributed by atoms with van der Waals surface area (Å²) in [5.74, 6) is 1.37. The van der Waals surface area contributed by atoms with Crippen LogP contribution in [0.5, 0.6) is 17.2 Å². The largest absolute Gasteiger partial charge is 0.490 e. The van der Waals surface area contributed by atoms with E-state index in [4.69, 9.17) is 14.2 Å². The van der Waals surface area contributed by atoms with Crippen LogP contribution in [0.25, 0.3) is 0 Å². The molecule has 2 amide bonds. The van der Waals surface area contributed by atoms with Gasteiger partial charge in [-0.1, -0.05) is 25.7 Å². The van der Waals surface area contributed by atoms with E-state index in [0.29, 0.717) is 55.0 Å². The first-order chi connectivity index (χ1) is 13.6. The van der Waals surface area contributed by atoms with Crippen LogP contribution in [0, 0.1) is 5.92 Å². The molecule has 0 unspecified atom stereocenters. The van der Waals surface area contributed by atoms with Crippen LogP contribution in [0.3, 0.4) is 0 Å². The summed E-state index contributed by atoms with van der Waals surface area (Å²) < 4.78 is 16.9. The summed E-state index contributed by atoms with van der Waals surface area (Å²) in [4.78, 5) is 24.5. The van der Waals surface area contributed by atoms with Gasteiger partial charge < -0.3 is 14.2 Å². The zero-order chi connectivity index (χ0) is 20.4. The van der Waals surface area contributed by atoms with Crippen LogP contribution in [0.15, 0.2) is 12.1 Å². The van der Waals surface area contributed by atoms with E-state index < -0.39 is 5.91 Å². The van der Waals surface area contributed by atoms with Crippen molar-refractivity contribution in [3.63, 3.8) is 0 Å². The third-order valence-corrected chi connectivity index (χ3v) is 4.74. The minimum absolute atomic E-state index is 0.179. The SMILES string of the molecule is CCOc1cc(C(=O)NNC(=O)CCC2CCCC2)cc(OCC)c1OCC. The molecule has 1 saturated carbocycles. The Morgan fingerprint density at radius 1 is 0.929 bits per heavy atom. The quantitative estimate of drug-likeness (QED) is 0.594. The third-order valence-electron chi connectivity index (χ3n) is 4.74. The van der Waals surface area contributed by atoms with Crippen molar-refractivity contribution in [2.24, 2.45) is 5.92 Å². The van der Waals surface area contributed by atoms with Crippen LogP contribution in [0.1, 0.15) is 69.7 Å². The fourth-order valence-corrected chi connectivity index (χ4v) is 3.42. The van der Waals surface area contributed by atoms with E-state index in [1.54, 1.807) is 12.1 Å². The maximum absolute atomic E-state index is 12.5. The molecule has 1 aromatic rings. The normalized spacial score (nSPS) is 13.8. The van der Waals surface area contributed by atoms with Crippen LogP contribution in [0.4, 0.5) is 0 Å². The molecule has 2 N–H and O–H groups in total. The van der Waals surface area contributed by atoms with Crippen molar-refractivity contribution in [2.45, 2.75) is 59.3 Å². The summed E-state index contributed by atoms with van der Waals surface area (Å²) in [5, 5.41) is 0. The van der Waals surface area contributed by atoms with E-state index in [9.17, 15) is 9.59 Å². The Hall–Kier alpha value is -2.44. The highest BCUT2D eigenvalue weighted by Gasteiger charge is 2.19. The molecule has 0 radical (unpaired) electrons. The molecule has 0 atom stereocenters. The summed E-state index contributed by atoms with van der Waals surface area (Å²) in [7, 11) is 0. The zero-order valence-corrected chi connectivity index (χ0v) is 17.1. The second-order valence-electron chi connectivity index (χ2n) is 6.79. The average molecular weight is 392 g/mol. The summed E-state index contributed by atoms with van der Waals surface area (Å²) in [5.41, 5.74) is 5.30. The van der Waals surface area contributed by atoms with Crippen molar-refractivity contribution in [1.29, 1.82) is 0 Å². The molecule has 0 spiro atoms. The molecule has 0 aromatic heterocycles. The number of hydrogen-bond donors (Lipinski definition) is 2. The maximum Gasteiger partial charge on any atom is 0.269 e. The zero-order valence-electron chi connectivity index (χ0n) is 17.1. The van der Waals surface area contributed by atoms with E-state index in [2.05, 4.69) is 10.9 Å². The monoisotopic (exact) mass is 392 g/mol. The van der Waals surface area contributed by atoms with Crippen LogP contribution < -0.4 is 25.1 Å². The molecule has 1 fully saturated rings. The summed E-state index contributed by atoms with van der Waals surface area (Å²) >= 11 is 0. The van der Waals surface area contributed by atoms with E-state index in [1.807, 2.05) is 20.8 Å². The Labute approximate surface area is 167 Å². The van der Waals surface area contributed by atoms with Gasteiger partial charge in [-0.3, -0.25) is 20.4 Å². The first-order valence-electron chi connectivity index (χ1n) is 10.2. The Morgan fingerprint density at radius 3 is 2.04 bits per heavy atom. The predicted octanol–water partition coefficient (Wildman–Crippen LogP) is 3.61. The number of hydrazine groups is 1. The highest BCUT2D eigenvalue weighted by atomic mass is 16.5. The minimum Gasteiger partial charge on any atom is -0.490 e. The van der Waals surface area contributed by atoms with Gasteiger partial charge in [-0.05, 0) is 45.2 Å². The molecule has 7 nitrogen and oxygen atoms in total. The molecule has 0 heterocycles. The van der Waals surface area contributed by atoms with E-state index >= 15 is 0 Å². The number of amides is 2.